The quantitative estimate of drug-likeness (QED) is 0.735. The minimum atomic E-state index is -0.780. The minimum Gasteiger partial charge on any atom is -0.481 e. The standard InChI is InChI=1S/C10H12N4O2/c15-9(16)2-1-4-11-10-8-3-5-13-14(8)7-6-12-10/h3,5-7H,1-2,4H2,(H,11,12)(H,15,16). The number of rotatable bonds is 5. The molecule has 0 saturated heterocycles. The zero-order chi connectivity index (χ0) is 11.4. The molecule has 6 heteroatoms. The van der Waals surface area contributed by atoms with Crippen molar-refractivity contribution in [2.24, 2.45) is 0 Å². The Balaban J connectivity index is 1.98. The molecule has 0 unspecified atom stereocenters. The predicted octanol–water partition coefficient (Wildman–Crippen LogP) is 1.01. The van der Waals surface area contributed by atoms with Crippen LogP contribution in [-0.4, -0.2) is 32.2 Å². The second kappa shape index (κ2) is 4.61. The number of carboxylic acid groups (broad SMARTS) is 1. The molecule has 16 heavy (non-hydrogen) atoms. The van der Waals surface area contributed by atoms with Gasteiger partial charge in [-0.15, -0.1) is 0 Å². The number of nitrogens with one attached hydrogen (secondary N) is 1. The van der Waals surface area contributed by atoms with Gasteiger partial charge in [0.2, 0.25) is 0 Å². The maximum Gasteiger partial charge on any atom is 0.303 e. The van der Waals surface area contributed by atoms with E-state index in [9.17, 15) is 4.79 Å². The van der Waals surface area contributed by atoms with E-state index >= 15 is 0 Å². The van der Waals surface area contributed by atoms with Crippen LogP contribution in [0, 0.1) is 0 Å². The third-order valence-corrected chi connectivity index (χ3v) is 2.18. The number of carboxylic acids is 1. The summed E-state index contributed by atoms with van der Waals surface area (Å²) in [6.07, 6.45) is 5.85. The van der Waals surface area contributed by atoms with Gasteiger partial charge in [-0.2, -0.15) is 5.10 Å². The van der Waals surface area contributed by atoms with E-state index in [1.54, 1.807) is 23.1 Å². The molecule has 2 rings (SSSR count). The van der Waals surface area contributed by atoms with Crippen LogP contribution in [0.4, 0.5) is 5.82 Å². The van der Waals surface area contributed by atoms with E-state index in [0.717, 1.165) is 11.3 Å². The van der Waals surface area contributed by atoms with Crippen LogP contribution in [0.5, 0.6) is 0 Å². The fourth-order valence-electron chi connectivity index (χ4n) is 1.44. The Hall–Kier alpha value is -2.11. The molecule has 0 spiro atoms. The van der Waals surface area contributed by atoms with Crippen molar-refractivity contribution in [2.75, 3.05) is 11.9 Å². The van der Waals surface area contributed by atoms with Crippen molar-refractivity contribution in [3.63, 3.8) is 0 Å². The van der Waals surface area contributed by atoms with Crippen LogP contribution in [0.3, 0.4) is 0 Å². The summed E-state index contributed by atoms with van der Waals surface area (Å²) in [4.78, 5) is 14.5. The predicted molar refractivity (Wildman–Crippen MR) is 58.3 cm³/mol. The number of hydrogen-bond acceptors (Lipinski definition) is 4. The fraction of sp³-hybridized carbons (Fsp3) is 0.300. The number of nitrogens with zero attached hydrogens (tertiary/aromatic N) is 3. The molecule has 84 valence electrons. The summed E-state index contributed by atoms with van der Waals surface area (Å²) in [5.74, 6) is -0.0530. The van der Waals surface area contributed by atoms with Gasteiger partial charge in [-0.3, -0.25) is 4.79 Å². The first-order valence-corrected chi connectivity index (χ1v) is 5.01. The largest absolute Gasteiger partial charge is 0.481 e. The topological polar surface area (TPSA) is 79.5 Å². The Labute approximate surface area is 91.9 Å². The second-order valence-corrected chi connectivity index (χ2v) is 3.36. The number of anilines is 1. The molecule has 0 radical (unpaired) electrons. The third-order valence-electron chi connectivity index (χ3n) is 2.18. The van der Waals surface area contributed by atoms with Gasteiger partial charge in [0.15, 0.2) is 5.82 Å². The van der Waals surface area contributed by atoms with Gasteiger partial charge in [0.25, 0.3) is 0 Å². The van der Waals surface area contributed by atoms with Gasteiger partial charge in [-0.05, 0) is 12.5 Å². The van der Waals surface area contributed by atoms with Crippen molar-refractivity contribution in [2.45, 2.75) is 12.8 Å². The fourth-order valence-corrected chi connectivity index (χ4v) is 1.44. The van der Waals surface area contributed by atoms with Crippen molar-refractivity contribution in [1.82, 2.24) is 14.6 Å². The molecule has 0 bridgehead atoms. The zero-order valence-electron chi connectivity index (χ0n) is 8.63. The lowest BCUT2D eigenvalue weighted by molar-refractivity contribution is -0.137. The summed E-state index contributed by atoms with van der Waals surface area (Å²) in [5, 5.41) is 15.7. The van der Waals surface area contributed by atoms with Crippen LogP contribution in [0.2, 0.25) is 0 Å². The summed E-state index contributed by atoms with van der Waals surface area (Å²) in [6, 6.07) is 1.85. The van der Waals surface area contributed by atoms with Crippen LogP contribution in [0.1, 0.15) is 12.8 Å². The van der Waals surface area contributed by atoms with E-state index in [1.807, 2.05) is 6.07 Å². The van der Waals surface area contributed by atoms with E-state index < -0.39 is 5.97 Å². The van der Waals surface area contributed by atoms with Crippen LogP contribution in [0.25, 0.3) is 5.52 Å². The molecule has 0 aliphatic rings. The van der Waals surface area contributed by atoms with E-state index in [0.29, 0.717) is 13.0 Å². The number of aromatic nitrogens is 3. The molecule has 6 nitrogen and oxygen atoms in total. The van der Waals surface area contributed by atoms with E-state index in [4.69, 9.17) is 5.11 Å². The van der Waals surface area contributed by atoms with E-state index in [-0.39, 0.29) is 6.42 Å². The third kappa shape index (κ3) is 2.28. The zero-order valence-corrected chi connectivity index (χ0v) is 8.63. The Morgan fingerprint density at radius 2 is 2.38 bits per heavy atom. The molecular formula is C10H12N4O2. The lowest BCUT2D eigenvalue weighted by Crippen LogP contribution is -2.07. The molecule has 2 heterocycles. The average molecular weight is 220 g/mol. The van der Waals surface area contributed by atoms with Crippen LogP contribution in [-0.2, 0) is 4.79 Å². The molecule has 0 amide bonds. The monoisotopic (exact) mass is 220 g/mol. The van der Waals surface area contributed by atoms with Crippen molar-refractivity contribution >= 4 is 17.3 Å². The highest BCUT2D eigenvalue weighted by Gasteiger charge is 2.02. The highest BCUT2D eigenvalue weighted by molar-refractivity contribution is 5.67. The Kier molecular flexibility index (Phi) is 3.00. The second-order valence-electron chi connectivity index (χ2n) is 3.36. The van der Waals surface area contributed by atoms with Crippen LogP contribution < -0.4 is 5.32 Å². The minimum absolute atomic E-state index is 0.162. The van der Waals surface area contributed by atoms with Gasteiger partial charge in [0.1, 0.15) is 5.52 Å². The van der Waals surface area contributed by atoms with Crippen molar-refractivity contribution in [3.8, 4) is 0 Å². The van der Waals surface area contributed by atoms with Gasteiger partial charge < -0.3 is 10.4 Å². The molecule has 2 aromatic heterocycles. The summed E-state index contributed by atoms with van der Waals surface area (Å²) >= 11 is 0. The molecule has 0 aromatic carbocycles. The van der Waals surface area contributed by atoms with Gasteiger partial charge in [-0.25, -0.2) is 9.50 Å². The Bertz CT molecular complexity index is 494. The number of hydrogen-bond donors (Lipinski definition) is 2. The molecule has 0 aliphatic carbocycles. The molecule has 2 aromatic rings. The highest BCUT2D eigenvalue weighted by Crippen LogP contribution is 2.11. The number of aliphatic carboxylic acids is 1. The lowest BCUT2D eigenvalue weighted by Gasteiger charge is -2.05. The normalized spacial score (nSPS) is 10.5. The first-order chi connectivity index (χ1) is 7.77. The van der Waals surface area contributed by atoms with Crippen molar-refractivity contribution < 1.29 is 9.90 Å². The molecule has 0 atom stereocenters. The first kappa shape index (κ1) is 10.4. The van der Waals surface area contributed by atoms with Crippen molar-refractivity contribution in [1.29, 1.82) is 0 Å². The number of fused-ring (bicyclic) bond motifs is 1. The molecule has 2 N–H and O–H groups in total. The Morgan fingerprint density at radius 1 is 1.50 bits per heavy atom. The van der Waals surface area contributed by atoms with Gasteiger partial charge in [0.05, 0.1) is 6.20 Å². The SMILES string of the molecule is O=C(O)CCCNc1nccn2nccc12. The van der Waals surface area contributed by atoms with Crippen LogP contribution >= 0.6 is 0 Å². The smallest absolute Gasteiger partial charge is 0.303 e. The van der Waals surface area contributed by atoms with Gasteiger partial charge >= 0.3 is 5.97 Å². The molecule has 0 saturated carbocycles. The lowest BCUT2D eigenvalue weighted by atomic mass is 10.3. The van der Waals surface area contributed by atoms with E-state index in [1.165, 1.54) is 0 Å². The summed E-state index contributed by atoms with van der Waals surface area (Å²) in [5.41, 5.74) is 0.887. The summed E-state index contributed by atoms with van der Waals surface area (Å²) < 4.78 is 1.71. The van der Waals surface area contributed by atoms with Gasteiger partial charge in [0, 0.05) is 25.4 Å². The van der Waals surface area contributed by atoms with Gasteiger partial charge in [-0.1, -0.05) is 0 Å². The maximum atomic E-state index is 10.3. The molecule has 0 fully saturated rings. The van der Waals surface area contributed by atoms with E-state index in [2.05, 4.69) is 15.4 Å². The summed E-state index contributed by atoms with van der Waals surface area (Å²) in [6.45, 7) is 0.587. The average Bonchev–Trinajstić information content (AvgIpc) is 2.72. The first-order valence-electron chi connectivity index (χ1n) is 5.01. The molecular weight excluding hydrogens is 208 g/mol. The van der Waals surface area contributed by atoms with Crippen molar-refractivity contribution in [3.05, 3.63) is 24.7 Å². The molecule has 0 aliphatic heterocycles. The summed E-state index contributed by atoms with van der Waals surface area (Å²) in [7, 11) is 0. The maximum absolute atomic E-state index is 10.3. The Morgan fingerprint density at radius 3 is 3.19 bits per heavy atom. The number of carbonyl (C=O) groups is 1. The van der Waals surface area contributed by atoms with Crippen LogP contribution in [0.15, 0.2) is 24.7 Å². The highest BCUT2D eigenvalue weighted by atomic mass is 16.4.